The Hall–Kier alpha value is -1.61. The highest BCUT2D eigenvalue weighted by Gasteiger charge is 2.10. The molecule has 0 fully saturated rings. The number of benzene rings is 1. The molecule has 1 aromatic carbocycles. The van der Waals surface area contributed by atoms with Gasteiger partial charge in [0.05, 0.1) is 0 Å². The Morgan fingerprint density at radius 2 is 1.94 bits per heavy atom. The summed E-state index contributed by atoms with van der Waals surface area (Å²) in [6, 6.07) is 10.0. The molecule has 1 aromatic rings. The Morgan fingerprint density at radius 1 is 1.28 bits per heavy atom. The number of nitrogens with two attached hydrogens (primary N) is 1. The van der Waals surface area contributed by atoms with Gasteiger partial charge in [-0.1, -0.05) is 35.9 Å². The third-order valence-corrected chi connectivity index (χ3v) is 2.57. The molecule has 1 rings (SSSR count). The van der Waals surface area contributed by atoms with Crippen LogP contribution in [0.1, 0.15) is 25.8 Å². The van der Waals surface area contributed by atoms with Gasteiger partial charge in [-0.05, 0) is 32.4 Å². The summed E-state index contributed by atoms with van der Waals surface area (Å²) < 4.78 is 0. The Labute approximate surface area is 109 Å². The Bertz CT molecular complexity index is 394. The molecular weight excluding hydrogens is 224 g/mol. The molecule has 0 saturated carbocycles. The predicted octanol–water partition coefficient (Wildman–Crippen LogP) is 2.33. The number of carbonyl (C=O) groups is 1. The van der Waals surface area contributed by atoms with Gasteiger partial charge in [0, 0.05) is 19.2 Å². The third-order valence-electron chi connectivity index (χ3n) is 2.57. The fraction of sp³-hybridized carbons (Fsp3) is 0.400. The zero-order valence-corrected chi connectivity index (χ0v) is 11.2. The molecule has 0 aromatic heterocycles. The van der Waals surface area contributed by atoms with E-state index in [2.05, 4.69) is 0 Å². The summed E-state index contributed by atoms with van der Waals surface area (Å²) in [7, 11) is 0. The molecule has 0 aliphatic heterocycles. The SMILES string of the molecule is CC(C)=CC(=O)N(CCCN)Cc1ccccc1. The van der Waals surface area contributed by atoms with E-state index in [4.69, 9.17) is 5.73 Å². The standard InChI is InChI=1S/C15H22N2O/c1-13(2)11-15(18)17(10-6-9-16)12-14-7-4-3-5-8-14/h3-5,7-8,11H,6,9-10,12,16H2,1-2H3. The number of amides is 1. The lowest BCUT2D eigenvalue weighted by atomic mass is 10.2. The lowest BCUT2D eigenvalue weighted by Gasteiger charge is -2.21. The molecule has 2 N–H and O–H groups in total. The minimum atomic E-state index is 0.0623. The number of nitrogens with zero attached hydrogens (tertiary/aromatic N) is 1. The van der Waals surface area contributed by atoms with Gasteiger partial charge in [0.15, 0.2) is 0 Å². The van der Waals surface area contributed by atoms with Gasteiger partial charge in [-0.25, -0.2) is 0 Å². The molecule has 1 amide bonds. The Morgan fingerprint density at radius 3 is 2.50 bits per heavy atom. The monoisotopic (exact) mass is 246 g/mol. The van der Waals surface area contributed by atoms with Crippen LogP contribution in [0.25, 0.3) is 0 Å². The van der Waals surface area contributed by atoms with Gasteiger partial charge in [-0.15, -0.1) is 0 Å². The summed E-state index contributed by atoms with van der Waals surface area (Å²) in [6.07, 6.45) is 2.51. The van der Waals surface area contributed by atoms with E-state index in [0.29, 0.717) is 19.6 Å². The summed E-state index contributed by atoms with van der Waals surface area (Å²) in [5.74, 6) is 0.0623. The van der Waals surface area contributed by atoms with Gasteiger partial charge in [-0.3, -0.25) is 4.79 Å². The van der Waals surface area contributed by atoms with E-state index in [1.165, 1.54) is 0 Å². The summed E-state index contributed by atoms with van der Waals surface area (Å²) in [4.78, 5) is 13.9. The second-order valence-corrected chi connectivity index (χ2v) is 4.61. The number of hydrogen-bond acceptors (Lipinski definition) is 2. The lowest BCUT2D eigenvalue weighted by molar-refractivity contribution is -0.126. The molecule has 0 bridgehead atoms. The molecular formula is C15H22N2O. The summed E-state index contributed by atoms with van der Waals surface area (Å²) >= 11 is 0. The van der Waals surface area contributed by atoms with E-state index in [-0.39, 0.29) is 5.91 Å². The van der Waals surface area contributed by atoms with Crippen LogP contribution in [-0.4, -0.2) is 23.9 Å². The molecule has 3 nitrogen and oxygen atoms in total. The third kappa shape index (κ3) is 5.15. The van der Waals surface area contributed by atoms with E-state index in [0.717, 1.165) is 17.6 Å². The van der Waals surface area contributed by atoms with E-state index in [1.54, 1.807) is 6.08 Å². The molecule has 0 aliphatic rings. The molecule has 0 spiro atoms. The van der Waals surface area contributed by atoms with Crippen LogP contribution in [0.5, 0.6) is 0 Å². The van der Waals surface area contributed by atoms with Crippen LogP contribution in [0, 0.1) is 0 Å². The molecule has 0 unspecified atom stereocenters. The first-order valence-corrected chi connectivity index (χ1v) is 6.31. The molecule has 0 saturated heterocycles. The van der Waals surface area contributed by atoms with Crippen molar-refractivity contribution in [2.24, 2.45) is 5.73 Å². The zero-order chi connectivity index (χ0) is 13.4. The van der Waals surface area contributed by atoms with Gasteiger partial charge in [0.1, 0.15) is 0 Å². The molecule has 0 aliphatic carbocycles. The molecule has 3 heteroatoms. The van der Waals surface area contributed by atoms with Crippen LogP contribution < -0.4 is 5.73 Å². The van der Waals surface area contributed by atoms with Crippen molar-refractivity contribution in [1.82, 2.24) is 4.90 Å². The fourth-order valence-corrected chi connectivity index (χ4v) is 1.69. The largest absolute Gasteiger partial charge is 0.335 e. The predicted molar refractivity (Wildman–Crippen MR) is 75.0 cm³/mol. The van der Waals surface area contributed by atoms with Gasteiger partial charge < -0.3 is 10.6 Å². The topological polar surface area (TPSA) is 46.3 Å². The van der Waals surface area contributed by atoms with Crippen molar-refractivity contribution in [3.63, 3.8) is 0 Å². The maximum Gasteiger partial charge on any atom is 0.246 e. The summed E-state index contributed by atoms with van der Waals surface area (Å²) in [5, 5.41) is 0. The molecule has 0 heterocycles. The van der Waals surface area contributed by atoms with Crippen molar-refractivity contribution in [3.8, 4) is 0 Å². The first-order valence-electron chi connectivity index (χ1n) is 6.31. The Balaban J connectivity index is 2.72. The second kappa shape index (κ2) is 7.67. The maximum absolute atomic E-state index is 12.1. The normalized spacial score (nSPS) is 9.94. The van der Waals surface area contributed by atoms with Crippen LogP contribution in [0.2, 0.25) is 0 Å². The summed E-state index contributed by atoms with van der Waals surface area (Å²) in [6.45, 7) is 5.81. The van der Waals surface area contributed by atoms with E-state index in [9.17, 15) is 4.79 Å². The van der Waals surface area contributed by atoms with E-state index in [1.807, 2.05) is 49.1 Å². The minimum Gasteiger partial charge on any atom is -0.335 e. The highest BCUT2D eigenvalue weighted by atomic mass is 16.2. The van der Waals surface area contributed by atoms with Crippen molar-refractivity contribution < 1.29 is 4.79 Å². The van der Waals surface area contributed by atoms with E-state index < -0.39 is 0 Å². The minimum absolute atomic E-state index is 0.0623. The van der Waals surface area contributed by atoms with Crippen molar-refractivity contribution in [2.75, 3.05) is 13.1 Å². The highest BCUT2D eigenvalue weighted by molar-refractivity contribution is 5.88. The van der Waals surface area contributed by atoms with E-state index >= 15 is 0 Å². The molecule has 0 radical (unpaired) electrons. The second-order valence-electron chi connectivity index (χ2n) is 4.61. The number of rotatable bonds is 6. The zero-order valence-electron chi connectivity index (χ0n) is 11.2. The first kappa shape index (κ1) is 14.5. The maximum atomic E-state index is 12.1. The van der Waals surface area contributed by atoms with Crippen LogP contribution in [0.4, 0.5) is 0 Å². The number of carbonyl (C=O) groups excluding carboxylic acids is 1. The molecule has 0 atom stereocenters. The first-order chi connectivity index (χ1) is 8.63. The van der Waals surface area contributed by atoms with Crippen molar-refractivity contribution in [1.29, 1.82) is 0 Å². The molecule has 98 valence electrons. The van der Waals surface area contributed by atoms with Crippen LogP contribution in [0.15, 0.2) is 42.0 Å². The van der Waals surface area contributed by atoms with Gasteiger partial charge in [0.2, 0.25) is 5.91 Å². The number of allylic oxidation sites excluding steroid dienone is 1. The average Bonchev–Trinajstić information content (AvgIpc) is 2.34. The van der Waals surface area contributed by atoms with Crippen LogP contribution >= 0.6 is 0 Å². The number of hydrogen-bond donors (Lipinski definition) is 1. The summed E-state index contributed by atoms with van der Waals surface area (Å²) in [5.41, 5.74) is 7.68. The van der Waals surface area contributed by atoms with Crippen LogP contribution in [0.3, 0.4) is 0 Å². The fourth-order valence-electron chi connectivity index (χ4n) is 1.69. The Kier molecular flexibility index (Phi) is 6.15. The quantitative estimate of drug-likeness (QED) is 0.783. The smallest absolute Gasteiger partial charge is 0.246 e. The van der Waals surface area contributed by atoms with Crippen molar-refractivity contribution in [3.05, 3.63) is 47.5 Å². The lowest BCUT2D eigenvalue weighted by Crippen LogP contribution is -2.31. The van der Waals surface area contributed by atoms with Gasteiger partial charge in [-0.2, -0.15) is 0 Å². The highest BCUT2D eigenvalue weighted by Crippen LogP contribution is 2.07. The van der Waals surface area contributed by atoms with Gasteiger partial charge >= 0.3 is 0 Å². The van der Waals surface area contributed by atoms with Crippen molar-refractivity contribution >= 4 is 5.91 Å². The van der Waals surface area contributed by atoms with Crippen LogP contribution in [-0.2, 0) is 11.3 Å². The average molecular weight is 246 g/mol. The van der Waals surface area contributed by atoms with Crippen molar-refractivity contribution in [2.45, 2.75) is 26.8 Å². The molecule has 18 heavy (non-hydrogen) atoms. The van der Waals surface area contributed by atoms with Gasteiger partial charge in [0.25, 0.3) is 0 Å².